The van der Waals surface area contributed by atoms with E-state index in [1.807, 2.05) is 32.2 Å². The fourth-order valence-corrected chi connectivity index (χ4v) is 2.45. The van der Waals surface area contributed by atoms with E-state index in [-0.39, 0.29) is 6.10 Å². The van der Waals surface area contributed by atoms with Crippen LogP contribution in [0.2, 0.25) is 5.02 Å². The van der Waals surface area contributed by atoms with Gasteiger partial charge in [0, 0.05) is 17.6 Å². The second kappa shape index (κ2) is 8.54. The zero-order valence-electron chi connectivity index (χ0n) is 12.1. The van der Waals surface area contributed by atoms with Gasteiger partial charge in [-0.1, -0.05) is 30.7 Å². The lowest BCUT2D eigenvalue weighted by molar-refractivity contribution is 0.139. The average Bonchev–Trinajstić information content (AvgIpc) is 2.33. The van der Waals surface area contributed by atoms with Crippen molar-refractivity contribution in [1.82, 2.24) is 10.2 Å². The van der Waals surface area contributed by atoms with E-state index in [1.165, 1.54) is 5.56 Å². The van der Waals surface area contributed by atoms with Gasteiger partial charge in [-0.2, -0.15) is 0 Å². The first-order valence-electron chi connectivity index (χ1n) is 6.88. The first-order valence-corrected chi connectivity index (χ1v) is 7.26. The summed E-state index contributed by atoms with van der Waals surface area (Å²) in [4.78, 5) is 2.15. The molecule has 0 bridgehead atoms. The number of benzene rings is 1. The molecule has 1 aromatic rings. The molecule has 108 valence electrons. The van der Waals surface area contributed by atoms with Crippen LogP contribution in [0.15, 0.2) is 24.3 Å². The van der Waals surface area contributed by atoms with E-state index >= 15 is 0 Å². The van der Waals surface area contributed by atoms with Crippen molar-refractivity contribution in [3.8, 4) is 0 Å². The van der Waals surface area contributed by atoms with Crippen LogP contribution < -0.4 is 5.32 Å². The van der Waals surface area contributed by atoms with Crippen LogP contribution in [-0.2, 0) is 0 Å². The monoisotopic (exact) mass is 284 g/mol. The van der Waals surface area contributed by atoms with Crippen LogP contribution in [0.5, 0.6) is 0 Å². The van der Waals surface area contributed by atoms with E-state index in [4.69, 9.17) is 11.6 Å². The summed E-state index contributed by atoms with van der Waals surface area (Å²) in [5, 5.41) is 13.6. The molecule has 0 aliphatic carbocycles. The van der Waals surface area contributed by atoms with Crippen molar-refractivity contribution < 1.29 is 5.11 Å². The normalized spacial score (nSPS) is 14.6. The summed E-state index contributed by atoms with van der Waals surface area (Å²) in [5.41, 5.74) is 1.22. The topological polar surface area (TPSA) is 35.5 Å². The Labute approximate surface area is 121 Å². The van der Waals surface area contributed by atoms with Gasteiger partial charge in [-0.05, 0) is 51.2 Å². The minimum atomic E-state index is -0.284. The van der Waals surface area contributed by atoms with Crippen LogP contribution in [0, 0.1) is 0 Å². The largest absolute Gasteiger partial charge is 0.392 e. The third-order valence-electron chi connectivity index (χ3n) is 3.08. The molecule has 19 heavy (non-hydrogen) atoms. The molecular weight excluding hydrogens is 260 g/mol. The fourth-order valence-electron chi connectivity index (χ4n) is 2.25. The molecule has 0 aliphatic heterocycles. The summed E-state index contributed by atoms with van der Waals surface area (Å²) < 4.78 is 0. The lowest BCUT2D eigenvalue weighted by Crippen LogP contribution is -2.31. The van der Waals surface area contributed by atoms with E-state index in [2.05, 4.69) is 23.2 Å². The zero-order chi connectivity index (χ0) is 14.3. The van der Waals surface area contributed by atoms with Crippen LogP contribution in [0.1, 0.15) is 31.9 Å². The average molecular weight is 285 g/mol. The van der Waals surface area contributed by atoms with Crippen molar-refractivity contribution in [2.45, 2.75) is 32.4 Å². The first kappa shape index (κ1) is 16.4. The Morgan fingerprint density at radius 2 is 2.16 bits per heavy atom. The lowest BCUT2D eigenvalue weighted by atomic mass is 10.0. The van der Waals surface area contributed by atoms with Gasteiger partial charge in [-0.15, -0.1) is 0 Å². The van der Waals surface area contributed by atoms with E-state index in [1.54, 1.807) is 0 Å². The van der Waals surface area contributed by atoms with Crippen LogP contribution in [0.3, 0.4) is 0 Å². The number of aliphatic hydroxyl groups is 1. The van der Waals surface area contributed by atoms with Gasteiger partial charge in [0.05, 0.1) is 6.10 Å². The third-order valence-corrected chi connectivity index (χ3v) is 3.31. The molecule has 1 aromatic carbocycles. The SMILES string of the molecule is CCNC(CCN(C)CC(C)O)c1cccc(Cl)c1. The van der Waals surface area contributed by atoms with Crippen molar-refractivity contribution in [3.05, 3.63) is 34.9 Å². The number of nitrogens with one attached hydrogen (secondary N) is 1. The maximum atomic E-state index is 9.37. The zero-order valence-corrected chi connectivity index (χ0v) is 12.8. The highest BCUT2D eigenvalue weighted by atomic mass is 35.5. The smallest absolute Gasteiger partial charge is 0.0638 e. The van der Waals surface area contributed by atoms with Crippen molar-refractivity contribution in [3.63, 3.8) is 0 Å². The maximum absolute atomic E-state index is 9.37. The van der Waals surface area contributed by atoms with Gasteiger partial charge < -0.3 is 15.3 Å². The highest BCUT2D eigenvalue weighted by Crippen LogP contribution is 2.20. The Balaban J connectivity index is 2.58. The molecule has 0 spiro atoms. The molecule has 2 atom stereocenters. The first-order chi connectivity index (χ1) is 9.02. The second-order valence-corrected chi connectivity index (χ2v) is 5.50. The molecule has 1 rings (SSSR count). The molecular formula is C15H25ClN2O. The van der Waals surface area contributed by atoms with Crippen molar-refractivity contribution in [2.24, 2.45) is 0 Å². The van der Waals surface area contributed by atoms with Crippen LogP contribution in [0.25, 0.3) is 0 Å². The Morgan fingerprint density at radius 1 is 1.42 bits per heavy atom. The quantitative estimate of drug-likeness (QED) is 0.770. The van der Waals surface area contributed by atoms with E-state index in [0.717, 1.165) is 24.5 Å². The molecule has 0 heterocycles. The summed E-state index contributed by atoms with van der Waals surface area (Å²) >= 11 is 6.05. The number of halogens is 1. The van der Waals surface area contributed by atoms with Crippen molar-refractivity contribution >= 4 is 11.6 Å². The van der Waals surface area contributed by atoms with E-state index < -0.39 is 0 Å². The summed E-state index contributed by atoms with van der Waals surface area (Å²) in [5.74, 6) is 0. The van der Waals surface area contributed by atoms with Gasteiger partial charge in [-0.25, -0.2) is 0 Å². The van der Waals surface area contributed by atoms with Crippen LogP contribution in [-0.4, -0.2) is 42.8 Å². The summed E-state index contributed by atoms with van der Waals surface area (Å²) in [6.07, 6.45) is 0.714. The number of aliphatic hydroxyl groups excluding tert-OH is 1. The van der Waals surface area contributed by atoms with Crippen LogP contribution >= 0.6 is 11.6 Å². The molecule has 0 radical (unpaired) electrons. The van der Waals surface area contributed by atoms with Gasteiger partial charge in [0.1, 0.15) is 0 Å². The summed E-state index contributed by atoms with van der Waals surface area (Å²) in [6.45, 7) is 6.49. The molecule has 4 heteroatoms. The number of hydrogen-bond acceptors (Lipinski definition) is 3. The molecule has 2 unspecified atom stereocenters. The molecule has 0 amide bonds. The van der Waals surface area contributed by atoms with Gasteiger partial charge in [0.2, 0.25) is 0 Å². The third kappa shape index (κ3) is 6.39. The van der Waals surface area contributed by atoms with Gasteiger partial charge >= 0.3 is 0 Å². The Hall–Kier alpha value is -0.610. The standard InChI is InChI=1S/C15H25ClN2O/c1-4-17-15(8-9-18(3)11-12(2)19)13-6-5-7-14(16)10-13/h5-7,10,12,15,17,19H,4,8-9,11H2,1-3H3. The Kier molecular flexibility index (Phi) is 7.39. The minimum Gasteiger partial charge on any atom is -0.392 e. The molecule has 0 aliphatic rings. The molecule has 3 nitrogen and oxygen atoms in total. The number of rotatable bonds is 8. The van der Waals surface area contributed by atoms with Gasteiger partial charge in [0.25, 0.3) is 0 Å². The van der Waals surface area contributed by atoms with Crippen LogP contribution in [0.4, 0.5) is 0 Å². The maximum Gasteiger partial charge on any atom is 0.0638 e. The van der Waals surface area contributed by atoms with E-state index in [0.29, 0.717) is 12.6 Å². The van der Waals surface area contributed by atoms with Crippen molar-refractivity contribution in [2.75, 3.05) is 26.7 Å². The predicted octanol–water partition coefficient (Wildman–Crippen LogP) is 2.69. The lowest BCUT2D eigenvalue weighted by Gasteiger charge is -2.23. The van der Waals surface area contributed by atoms with Crippen molar-refractivity contribution in [1.29, 1.82) is 0 Å². The number of hydrogen-bond donors (Lipinski definition) is 2. The Bertz CT molecular complexity index is 371. The molecule has 0 saturated carbocycles. The minimum absolute atomic E-state index is 0.284. The highest BCUT2D eigenvalue weighted by Gasteiger charge is 2.12. The highest BCUT2D eigenvalue weighted by molar-refractivity contribution is 6.30. The van der Waals surface area contributed by atoms with Gasteiger partial charge in [0.15, 0.2) is 0 Å². The summed E-state index contributed by atoms with van der Waals surface area (Å²) in [7, 11) is 2.04. The summed E-state index contributed by atoms with van der Waals surface area (Å²) in [6, 6.07) is 8.31. The number of likely N-dealkylation sites (N-methyl/N-ethyl adjacent to an activating group) is 1. The fraction of sp³-hybridized carbons (Fsp3) is 0.600. The predicted molar refractivity (Wildman–Crippen MR) is 81.7 cm³/mol. The van der Waals surface area contributed by atoms with Gasteiger partial charge in [-0.3, -0.25) is 0 Å². The second-order valence-electron chi connectivity index (χ2n) is 5.07. The Morgan fingerprint density at radius 3 is 2.74 bits per heavy atom. The molecule has 0 fully saturated rings. The number of nitrogens with zero attached hydrogens (tertiary/aromatic N) is 1. The molecule has 0 aromatic heterocycles. The van der Waals surface area contributed by atoms with E-state index in [9.17, 15) is 5.11 Å². The molecule has 2 N–H and O–H groups in total. The molecule has 0 saturated heterocycles.